The van der Waals surface area contributed by atoms with Crippen LogP contribution in [0.4, 0.5) is 5.69 Å². The fourth-order valence-electron chi connectivity index (χ4n) is 2.06. The Morgan fingerprint density at radius 1 is 1.16 bits per heavy atom. The zero-order valence-electron chi connectivity index (χ0n) is 13.3. The number of rotatable bonds is 7. The van der Waals surface area contributed by atoms with Gasteiger partial charge in [0.15, 0.2) is 0 Å². The van der Waals surface area contributed by atoms with Crippen molar-refractivity contribution in [2.75, 3.05) is 11.4 Å². The SMILES string of the molecule is CC(C)CN(c1ccnc(CNC(C)C)c1)C(C)C. The monoisotopic (exact) mass is 263 g/mol. The van der Waals surface area contributed by atoms with Crippen LogP contribution < -0.4 is 10.2 Å². The number of anilines is 1. The van der Waals surface area contributed by atoms with E-state index in [-0.39, 0.29) is 0 Å². The Labute approximate surface area is 118 Å². The number of aromatic nitrogens is 1. The summed E-state index contributed by atoms with van der Waals surface area (Å²) >= 11 is 0. The molecule has 3 heteroatoms. The van der Waals surface area contributed by atoms with Crippen molar-refractivity contribution < 1.29 is 0 Å². The van der Waals surface area contributed by atoms with Crippen LogP contribution in [0, 0.1) is 5.92 Å². The maximum absolute atomic E-state index is 4.44. The molecule has 0 spiro atoms. The van der Waals surface area contributed by atoms with Gasteiger partial charge in [-0.1, -0.05) is 27.7 Å². The highest BCUT2D eigenvalue weighted by Gasteiger charge is 2.12. The van der Waals surface area contributed by atoms with E-state index in [2.05, 4.69) is 68.9 Å². The maximum atomic E-state index is 4.44. The van der Waals surface area contributed by atoms with Crippen molar-refractivity contribution in [3.8, 4) is 0 Å². The van der Waals surface area contributed by atoms with Crippen LogP contribution in [0.3, 0.4) is 0 Å². The first kappa shape index (κ1) is 16.0. The maximum Gasteiger partial charge on any atom is 0.0562 e. The minimum atomic E-state index is 0.488. The molecule has 0 bridgehead atoms. The predicted molar refractivity (Wildman–Crippen MR) is 83.5 cm³/mol. The summed E-state index contributed by atoms with van der Waals surface area (Å²) in [6.45, 7) is 15.2. The summed E-state index contributed by atoms with van der Waals surface area (Å²) in [7, 11) is 0. The Hall–Kier alpha value is -1.09. The van der Waals surface area contributed by atoms with E-state index in [4.69, 9.17) is 0 Å². The molecule has 0 amide bonds. The molecule has 19 heavy (non-hydrogen) atoms. The van der Waals surface area contributed by atoms with Crippen molar-refractivity contribution in [1.82, 2.24) is 10.3 Å². The molecule has 0 aliphatic rings. The molecule has 0 aliphatic carbocycles. The standard InChI is InChI=1S/C16H29N3/c1-12(2)11-19(14(5)6)16-7-8-17-15(9-16)10-18-13(3)4/h7-9,12-14,18H,10-11H2,1-6H3. The zero-order chi connectivity index (χ0) is 14.4. The van der Waals surface area contributed by atoms with Crippen LogP contribution in [-0.2, 0) is 6.54 Å². The molecule has 0 saturated carbocycles. The van der Waals surface area contributed by atoms with E-state index >= 15 is 0 Å². The van der Waals surface area contributed by atoms with Gasteiger partial charge in [0.05, 0.1) is 5.69 Å². The van der Waals surface area contributed by atoms with Gasteiger partial charge in [-0.05, 0) is 31.9 Å². The largest absolute Gasteiger partial charge is 0.369 e. The lowest BCUT2D eigenvalue weighted by atomic mass is 10.1. The third kappa shape index (κ3) is 5.60. The number of pyridine rings is 1. The molecule has 0 radical (unpaired) electrons. The lowest BCUT2D eigenvalue weighted by Crippen LogP contribution is -2.34. The Balaban J connectivity index is 2.82. The van der Waals surface area contributed by atoms with Gasteiger partial charge in [-0.2, -0.15) is 0 Å². The first-order valence-electron chi connectivity index (χ1n) is 7.35. The summed E-state index contributed by atoms with van der Waals surface area (Å²) in [6, 6.07) is 5.32. The smallest absolute Gasteiger partial charge is 0.0562 e. The summed E-state index contributed by atoms with van der Waals surface area (Å²) < 4.78 is 0. The molecular weight excluding hydrogens is 234 g/mol. The number of nitrogens with zero attached hydrogens (tertiary/aromatic N) is 2. The van der Waals surface area contributed by atoms with Gasteiger partial charge < -0.3 is 10.2 Å². The van der Waals surface area contributed by atoms with Gasteiger partial charge in [-0.15, -0.1) is 0 Å². The average molecular weight is 263 g/mol. The molecule has 0 aliphatic heterocycles. The van der Waals surface area contributed by atoms with Crippen LogP contribution >= 0.6 is 0 Å². The van der Waals surface area contributed by atoms with Gasteiger partial charge in [0, 0.05) is 37.1 Å². The molecule has 1 N–H and O–H groups in total. The summed E-state index contributed by atoms with van der Waals surface area (Å²) in [4.78, 5) is 6.89. The van der Waals surface area contributed by atoms with E-state index in [9.17, 15) is 0 Å². The molecule has 0 atom stereocenters. The summed E-state index contributed by atoms with van der Waals surface area (Å²) in [5.41, 5.74) is 2.39. The normalized spacial score (nSPS) is 11.6. The quantitative estimate of drug-likeness (QED) is 0.816. The first-order chi connectivity index (χ1) is 8.90. The molecule has 0 unspecified atom stereocenters. The number of hydrogen-bond donors (Lipinski definition) is 1. The minimum Gasteiger partial charge on any atom is -0.369 e. The molecule has 0 saturated heterocycles. The van der Waals surface area contributed by atoms with E-state index in [1.54, 1.807) is 0 Å². The Morgan fingerprint density at radius 2 is 1.84 bits per heavy atom. The van der Waals surface area contributed by atoms with Gasteiger partial charge in [0.2, 0.25) is 0 Å². The van der Waals surface area contributed by atoms with Crippen molar-refractivity contribution in [1.29, 1.82) is 0 Å². The Morgan fingerprint density at radius 3 is 2.37 bits per heavy atom. The van der Waals surface area contributed by atoms with Crippen molar-refractivity contribution in [2.24, 2.45) is 5.92 Å². The minimum absolute atomic E-state index is 0.488. The van der Waals surface area contributed by atoms with Crippen LogP contribution in [0.5, 0.6) is 0 Å². The fraction of sp³-hybridized carbons (Fsp3) is 0.688. The highest BCUT2D eigenvalue weighted by Crippen LogP contribution is 2.19. The molecular formula is C16H29N3. The molecule has 1 heterocycles. The van der Waals surface area contributed by atoms with Crippen LogP contribution in [0.1, 0.15) is 47.2 Å². The highest BCUT2D eigenvalue weighted by molar-refractivity contribution is 5.47. The van der Waals surface area contributed by atoms with Crippen molar-refractivity contribution in [3.05, 3.63) is 24.0 Å². The van der Waals surface area contributed by atoms with E-state index in [0.29, 0.717) is 18.0 Å². The molecule has 0 aromatic carbocycles. The number of nitrogens with one attached hydrogen (secondary N) is 1. The lowest BCUT2D eigenvalue weighted by molar-refractivity contribution is 0.567. The summed E-state index contributed by atoms with van der Waals surface area (Å²) in [5, 5.41) is 3.42. The van der Waals surface area contributed by atoms with Crippen LogP contribution in [0.15, 0.2) is 18.3 Å². The van der Waals surface area contributed by atoms with E-state index in [0.717, 1.165) is 18.8 Å². The van der Waals surface area contributed by atoms with Crippen LogP contribution in [0.25, 0.3) is 0 Å². The Bertz CT molecular complexity index is 372. The summed E-state index contributed by atoms with van der Waals surface area (Å²) in [6.07, 6.45) is 1.92. The van der Waals surface area contributed by atoms with E-state index in [1.165, 1.54) is 5.69 Å². The van der Waals surface area contributed by atoms with Crippen molar-refractivity contribution in [3.63, 3.8) is 0 Å². The van der Waals surface area contributed by atoms with E-state index < -0.39 is 0 Å². The Kier molecular flexibility index (Phi) is 6.29. The molecule has 3 nitrogen and oxygen atoms in total. The van der Waals surface area contributed by atoms with Gasteiger partial charge >= 0.3 is 0 Å². The second-order valence-corrected chi connectivity index (χ2v) is 6.18. The van der Waals surface area contributed by atoms with Crippen LogP contribution in [-0.4, -0.2) is 23.6 Å². The third-order valence-corrected chi connectivity index (χ3v) is 3.01. The topological polar surface area (TPSA) is 28.2 Å². The average Bonchev–Trinajstić information content (AvgIpc) is 2.33. The fourth-order valence-corrected chi connectivity index (χ4v) is 2.06. The first-order valence-corrected chi connectivity index (χ1v) is 7.35. The van der Waals surface area contributed by atoms with Gasteiger partial charge in [-0.25, -0.2) is 0 Å². The molecule has 1 rings (SSSR count). The highest BCUT2D eigenvalue weighted by atomic mass is 15.2. The molecule has 1 aromatic rings. The second kappa shape index (κ2) is 7.49. The molecule has 0 fully saturated rings. The van der Waals surface area contributed by atoms with Gasteiger partial charge in [0.25, 0.3) is 0 Å². The number of hydrogen-bond acceptors (Lipinski definition) is 3. The zero-order valence-corrected chi connectivity index (χ0v) is 13.3. The predicted octanol–water partition coefficient (Wildman–Crippen LogP) is 3.45. The van der Waals surface area contributed by atoms with Gasteiger partial charge in [0.1, 0.15) is 0 Å². The summed E-state index contributed by atoms with van der Waals surface area (Å²) in [5.74, 6) is 0.660. The van der Waals surface area contributed by atoms with Crippen molar-refractivity contribution in [2.45, 2.75) is 60.2 Å². The molecule has 108 valence electrons. The molecule has 1 aromatic heterocycles. The van der Waals surface area contributed by atoms with Crippen molar-refractivity contribution >= 4 is 5.69 Å². The van der Waals surface area contributed by atoms with Crippen LogP contribution in [0.2, 0.25) is 0 Å². The van der Waals surface area contributed by atoms with E-state index in [1.807, 2.05) is 6.20 Å². The van der Waals surface area contributed by atoms with Gasteiger partial charge in [-0.3, -0.25) is 4.98 Å². The third-order valence-electron chi connectivity index (χ3n) is 3.01. The lowest BCUT2D eigenvalue weighted by Gasteiger charge is -2.31. The second-order valence-electron chi connectivity index (χ2n) is 6.18.